The Morgan fingerprint density at radius 1 is 1.37 bits per heavy atom. The van der Waals surface area contributed by atoms with Gasteiger partial charge in [-0.2, -0.15) is 0 Å². The fraction of sp³-hybridized carbons (Fsp3) is 0.533. The van der Waals surface area contributed by atoms with Gasteiger partial charge in [0.25, 0.3) is 0 Å². The van der Waals surface area contributed by atoms with Gasteiger partial charge < -0.3 is 10.0 Å². The maximum atomic E-state index is 12.8. The first-order chi connectivity index (χ1) is 9.07. The number of nitrogens with zero attached hydrogens (tertiary/aromatic N) is 1. The van der Waals surface area contributed by atoms with E-state index in [1.165, 1.54) is 12.1 Å². The summed E-state index contributed by atoms with van der Waals surface area (Å²) >= 11 is 0. The fourth-order valence-corrected chi connectivity index (χ4v) is 2.50. The molecule has 1 aromatic rings. The predicted molar refractivity (Wildman–Crippen MR) is 71.1 cm³/mol. The van der Waals surface area contributed by atoms with Crippen molar-refractivity contribution in [3.8, 4) is 0 Å². The molecule has 1 amide bonds. The lowest BCUT2D eigenvalue weighted by molar-refractivity contribution is -0.149. The second kappa shape index (κ2) is 5.70. The molecule has 0 aliphatic heterocycles. The van der Waals surface area contributed by atoms with E-state index < -0.39 is 5.41 Å². The summed E-state index contributed by atoms with van der Waals surface area (Å²) in [5.41, 5.74) is 0.477. The molecule has 1 aliphatic carbocycles. The number of aliphatic hydroxyl groups excluding tert-OH is 1. The second-order valence-corrected chi connectivity index (χ2v) is 5.40. The molecule has 1 N–H and O–H groups in total. The zero-order valence-electron chi connectivity index (χ0n) is 11.2. The Balaban J connectivity index is 1.88. The van der Waals surface area contributed by atoms with Crippen molar-refractivity contribution in [3.05, 3.63) is 35.6 Å². The van der Waals surface area contributed by atoms with Gasteiger partial charge in [0.2, 0.25) is 5.91 Å². The lowest BCUT2D eigenvalue weighted by atomic mass is 9.68. The summed E-state index contributed by atoms with van der Waals surface area (Å²) in [6.45, 7) is 0.527. The molecule has 0 spiro atoms. The Morgan fingerprint density at radius 2 is 2.00 bits per heavy atom. The monoisotopic (exact) mass is 265 g/mol. The minimum Gasteiger partial charge on any atom is -0.395 e. The number of hydrogen-bond donors (Lipinski definition) is 1. The first kappa shape index (κ1) is 14.0. The quantitative estimate of drug-likeness (QED) is 0.884. The summed E-state index contributed by atoms with van der Waals surface area (Å²) < 4.78 is 12.8. The van der Waals surface area contributed by atoms with Crippen LogP contribution in [0.15, 0.2) is 24.3 Å². The van der Waals surface area contributed by atoms with Crippen molar-refractivity contribution >= 4 is 5.91 Å². The van der Waals surface area contributed by atoms with E-state index in [1.54, 1.807) is 24.1 Å². The Labute approximate surface area is 113 Å². The lowest BCUT2D eigenvalue weighted by Gasteiger charge is -2.41. The van der Waals surface area contributed by atoms with Crippen LogP contribution >= 0.6 is 0 Å². The van der Waals surface area contributed by atoms with E-state index in [0.29, 0.717) is 13.0 Å². The highest BCUT2D eigenvalue weighted by atomic mass is 19.1. The molecule has 0 unspecified atom stereocenters. The number of carbonyl (C=O) groups is 1. The summed E-state index contributed by atoms with van der Waals surface area (Å²) in [7, 11) is 1.77. The summed E-state index contributed by atoms with van der Waals surface area (Å²) in [4.78, 5) is 13.9. The Kier molecular flexibility index (Phi) is 4.20. The topological polar surface area (TPSA) is 40.5 Å². The van der Waals surface area contributed by atoms with Crippen LogP contribution in [0.1, 0.15) is 24.8 Å². The van der Waals surface area contributed by atoms with Gasteiger partial charge in [-0.15, -0.1) is 0 Å². The van der Waals surface area contributed by atoms with Crippen LogP contribution in [0.25, 0.3) is 0 Å². The molecule has 1 fully saturated rings. The average molecular weight is 265 g/mol. The van der Waals surface area contributed by atoms with Crippen molar-refractivity contribution in [3.63, 3.8) is 0 Å². The highest BCUT2D eigenvalue weighted by Crippen LogP contribution is 2.41. The number of amides is 1. The first-order valence-corrected chi connectivity index (χ1v) is 6.68. The molecule has 19 heavy (non-hydrogen) atoms. The van der Waals surface area contributed by atoms with E-state index in [0.717, 1.165) is 24.8 Å². The van der Waals surface area contributed by atoms with Crippen LogP contribution in [-0.2, 0) is 11.2 Å². The number of rotatable bonds is 5. The van der Waals surface area contributed by atoms with Gasteiger partial charge >= 0.3 is 0 Å². The summed E-state index contributed by atoms with van der Waals surface area (Å²) in [5.74, 6) is -0.217. The van der Waals surface area contributed by atoms with Gasteiger partial charge in [0, 0.05) is 13.6 Å². The lowest BCUT2D eigenvalue weighted by Crippen LogP contribution is -2.49. The molecule has 1 saturated carbocycles. The first-order valence-electron chi connectivity index (χ1n) is 6.68. The highest BCUT2D eigenvalue weighted by molar-refractivity contribution is 5.83. The minimum absolute atomic E-state index is 0.0309. The van der Waals surface area contributed by atoms with E-state index in [9.17, 15) is 14.3 Å². The minimum atomic E-state index is -0.530. The molecule has 0 atom stereocenters. The molecular formula is C15H20FNO2. The van der Waals surface area contributed by atoms with Crippen LogP contribution in [0.3, 0.4) is 0 Å². The van der Waals surface area contributed by atoms with Crippen molar-refractivity contribution in [1.29, 1.82) is 0 Å². The van der Waals surface area contributed by atoms with Crippen molar-refractivity contribution < 1.29 is 14.3 Å². The van der Waals surface area contributed by atoms with Crippen molar-refractivity contribution in [2.24, 2.45) is 5.41 Å². The van der Waals surface area contributed by atoms with E-state index in [4.69, 9.17) is 0 Å². The molecule has 1 aliphatic rings. The van der Waals surface area contributed by atoms with E-state index in [2.05, 4.69) is 0 Å². The van der Waals surface area contributed by atoms with Crippen LogP contribution in [0.2, 0.25) is 0 Å². The summed E-state index contributed by atoms with van der Waals surface area (Å²) in [6.07, 6.45) is 3.27. The van der Waals surface area contributed by atoms with Crippen molar-refractivity contribution in [2.75, 3.05) is 20.2 Å². The largest absolute Gasteiger partial charge is 0.395 e. The smallest absolute Gasteiger partial charge is 0.230 e. The number of likely N-dealkylation sites (N-methyl/N-ethyl adjacent to an activating group) is 1. The van der Waals surface area contributed by atoms with Gasteiger partial charge in [-0.3, -0.25) is 4.79 Å². The van der Waals surface area contributed by atoms with Gasteiger partial charge in [-0.05, 0) is 37.0 Å². The third kappa shape index (κ3) is 2.95. The highest BCUT2D eigenvalue weighted by Gasteiger charge is 2.44. The maximum absolute atomic E-state index is 12.8. The summed E-state index contributed by atoms with van der Waals surface area (Å²) in [5, 5.41) is 9.38. The van der Waals surface area contributed by atoms with Crippen LogP contribution in [0.4, 0.5) is 4.39 Å². The Bertz CT molecular complexity index is 434. The third-order valence-corrected chi connectivity index (χ3v) is 4.06. The van der Waals surface area contributed by atoms with Gasteiger partial charge in [0.1, 0.15) is 5.82 Å². The third-order valence-electron chi connectivity index (χ3n) is 4.06. The number of hydrogen-bond acceptors (Lipinski definition) is 2. The molecule has 2 rings (SSSR count). The molecule has 3 nitrogen and oxygen atoms in total. The molecule has 104 valence electrons. The van der Waals surface area contributed by atoms with Crippen LogP contribution in [0, 0.1) is 11.2 Å². The van der Waals surface area contributed by atoms with Crippen LogP contribution < -0.4 is 0 Å². The number of aliphatic hydroxyl groups is 1. The number of benzene rings is 1. The zero-order valence-corrected chi connectivity index (χ0v) is 11.2. The molecule has 4 heteroatoms. The SMILES string of the molecule is CN(CCc1ccc(F)cc1)C(=O)C1(CO)CCC1. The number of halogens is 1. The van der Waals surface area contributed by atoms with E-state index >= 15 is 0 Å². The molecule has 0 aromatic heterocycles. The van der Waals surface area contributed by atoms with Crippen LogP contribution in [0.5, 0.6) is 0 Å². The average Bonchev–Trinajstić information content (AvgIpc) is 2.37. The van der Waals surface area contributed by atoms with E-state index in [-0.39, 0.29) is 18.3 Å². The molecule has 0 radical (unpaired) electrons. The fourth-order valence-electron chi connectivity index (χ4n) is 2.50. The van der Waals surface area contributed by atoms with Crippen molar-refractivity contribution in [1.82, 2.24) is 4.90 Å². The van der Waals surface area contributed by atoms with Crippen LogP contribution in [-0.4, -0.2) is 36.1 Å². The Morgan fingerprint density at radius 3 is 2.47 bits per heavy atom. The second-order valence-electron chi connectivity index (χ2n) is 5.40. The van der Waals surface area contributed by atoms with Crippen molar-refractivity contribution in [2.45, 2.75) is 25.7 Å². The molecule has 1 aromatic carbocycles. The Hall–Kier alpha value is -1.42. The standard InChI is InChI=1S/C15H20FNO2/c1-17(14(19)15(11-18)8-2-9-15)10-7-12-3-5-13(16)6-4-12/h3-6,18H,2,7-11H2,1H3. The predicted octanol–water partition coefficient (Wildman–Crippen LogP) is 1.99. The molecular weight excluding hydrogens is 245 g/mol. The maximum Gasteiger partial charge on any atom is 0.230 e. The molecule has 0 saturated heterocycles. The van der Waals surface area contributed by atoms with E-state index in [1.807, 2.05) is 0 Å². The van der Waals surface area contributed by atoms with Gasteiger partial charge in [0.15, 0.2) is 0 Å². The molecule has 0 bridgehead atoms. The number of carbonyl (C=O) groups excluding carboxylic acids is 1. The van der Waals surface area contributed by atoms with Gasteiger partial charge in [-0.25, -0.2) is 4.39 Å². The summed E-state index contributed by atoms with van der Waals surface area (Å²) in [6, 6.07) is 6.33. The zero-order chi connectivity index (χ0) is 13.9. The molecule has 0 heterocycles. The van der Waals surface area contributed by atoms with Gasteiger partial charge in [-0.1, -0.05) is 18.6 Å². The van der Waals surface area contributed by atoms with Gasteiger partial charge in [0.05, 0.1) is 12.0 Å². The normalized spacial score (nSPS) is 16.8.